The second kappa shape index (κ2) is 7.05. The first-order valence-corrected chi connectivity index (χ1v) is 7.83. The largest absolute Gasteiger partial charge is 0.507 e. The molecule has 5 nitrogen and oxygen atoms in total. The molecular formula is C20H18N2O3. The second-order valence-electron chi connectivity index (χ2n) is 5.52. The quantitative estimate of drug-likeness (QED) is 0.658. The van der Waals surface area contributed by atoms with E-state index in [1.165, 1.54) is 0 Å². The van der Waals surface area contributed by atoms with E-state index >= 15 is 0 Å². The van der Waals surface area contributed by atoms with Crippen LogP contribution in [0.5, 0.6) is 11.5 Å². The van der Waals surface area contributed by atoms with Gasteiger partial charge in [0.2, 0.25) is 0 Å². The van der Waals surface area contributed by atoms with Crippen molar-refractivity contribution in [2.75, 3.05) is 0 Å². The summed E-state index contributed by atoms with van der Waals surface area (Å²) in [6.45, 7) is 7.36. The molecule has 0 unspecified atom stereocenters. The van der Waals surface area contributed by atoms with Crippen molar-refractivity contribution in [3.63, 3.8) is 0 Å². The number of aromatic hydroxyl groups is 2. The minimum Gasteiger partial charge on any atom is -0.507 e. The van der Waals surface area contributed by atoms with Crippen LogP contribution in [0.15, 0.2) is 66.1 Å². The number of rotatable bonds is 6. The molecule has 0 fully saturated rings. The molecule has 126 valence electrons. The molecule has 0 saturated heterocycles. The highest BCUT2D eigenvalue weighted by Gasteiger charge is 2.18. The van der Waals surface area contributed by atoms with Crippen LogP contribution in [0, 0.1) is 0 Å². The lowest BCUT2D eigenvalue weighted by Gasteiger charge is -2.06. The van der Waals surface area contributed by atoms with Gasteiger partial charge in [-0.25, -0.2) is 0 Å². The van der Waals surface area contributed by atoms with Gasteiger partial charge in [-0.2, -0.15) is 0 Å². The van der Waals surface area contributed by atoms with Gasteiger partial charge in [0.05, 0.1) is 11.1 Å². The minimum absolute atomic E-state index is 0.0854. The summed E-state index contributed by atoms with van der Waals surface area (Å²) in [5.41, 5.74) is 2.34. The fourth-order valence-corrected chi connectivity index (χ4v) is 2.61. The summed E-state index contributed by atoms with van der Waals surface area (Å²) in [4.78, 5) is 0. The molecule has 0 radical (unpaired) electrons. The number of nitrogens with zero attached hydrogens (tertiary/aromatic N) is 2. The van der Waals surface area contributed by atoms with Crippen LogP contribution in [-0.4, -0.2) is 20.4 Å². The van der Waals surface area contributed by atoms with Crippen molar-refractivity contribution >= 4 is 0 Å². The van der Waals surface area contributed by atoms with Gasteiger partial charge in [0.15, 0.2) is 0 Å². The molecule has 0 aliphatic heterocycles. The number of benzene rings is 2. The summed E-state index contributed by atoms with van der Waals surface area (Å²) in [6.07, 6.45) is 4.48. The van der Waals surface area contributed by atoms with E-state index in [9.17, 15) is 10.2 Å². The van der Waals surface area contributed by atoms with Crippen molar-refractivity contribution in [3.05, 3.63) is 72.8 Å². The fraction of sp³-hybridized carbons (Fsp3) is 0.100. The Hall–Kier alpha value is -3.34. The van der Waals surface area contributed by atoms with Gasteiger partial charge >= 0.3 is 0 Å². The van der Waals surface area contributed by atoms with Crippen LogP contribution in [0.3, 0.4) is 0 Å². The van der Waals surface area contributed by atoms with E-state index in [1.807, 2.05) is 12.1 Å². The fourth-order valence-electron chi connectivity index (χ4n) is 2.61. The lowest BCUT2D eigenvalue weighted by molar-refractivity contribution is 0.465. The predicted octanol–water partition coefficient (Wildman–Crippen LogP) is 4.27. The van der Waals surface area contributed by atoms with E-state index in [0.29, 0.717) is 24.0 Å². The summed E-state index contributed by atoms with van der Waals surface area (Å²) in [5, 5.41) is 28.8. The number of aromatic nitrogens is 2. The molecule has 1 aromatic heterocycles. The van der Waals surface area contributed by atoms with Crippen molar-refractivity contribution in [3.8, 4) is 34.4 Å². The standard InChI is InChI=1S/C20H18N2O3/c1-3-7-13-9-5-11-15(17(13)23)19-21-22-20(25-19)16-12-6-10-14(8-4-2)18(16)24/h3-6,9-12,23-24H,1-2,7-8H2. The molecule has 5 heteroatoms. The van der Waals surface area contributed by atoms with E-state index in [1.54, 1.807) is 36.4 Å². The first-order valence-electron chi connectivity index (χ1n) is 7.83. The second-order valence-corrected chi connectivity index (χ2v) is 5.52. The maximum Gasteiger partial charge on any atom is 0.251 e. The van der Waals surface area contributed by atoms with Crippen LogP contribution < -0.4 is 0 Å². The van der Waals surface area contributed by atoms with Gasteiger partial charge in [0.25, 0.3) is 11.8 Å². The molecule has 0 atom stereocenters. The molecule has 0 spiro atoms. The molecule has 0 amide bonds. The van der Waals surface area contributed by atoms with E-state index in [0.717, 1.165) is 11.1 Å². The maximum atomic E-state index is 10.4. The van der Waals surface area contributed by atoms with Gasteiger partial charge in [-0.05, 0) is 36.1 Å². The SMILES string of the molecule is C=CCc1cccc(-c2nnc(-c3cccc(CC=C)c3O)o2)c1O. The lowest BCUT2D eigenvalue weighted by atomic mass is 10.1. The third-order valence-corrected chi connectivity index (χ3v) is 3.85. The van der Waals surface area contributed by atoms with Crippen LogP contribution in [-0.2, 0) is 12.8 Å². The zero-order valence-electron chi connectivity index (χ0n) is 13.6. The monoisotopic (exact) mass is 334 g/mol. The number of hydrogen-bond acceptors (Lipinski definition) is 5. The highest BCUT2D eigenvalue weighted by atomic mass is 16.4. The number of allylic oxidation sites excluding steroid dienone is 2. The molecule has 0 aliphatic rings. The van der Waals surface area contributed by atoms with Gasteiger partial charge in [0, 0.05) is 0 Å². The number of phenols is 2. The first-order chi connectivity index (χ1) is 12.2. The molecule has 2 aromatic carbocycles. The Morgan fingerprint density at radius 3 is 1.64 bits per heavy atom. The van der Waals surface area contributed by atoms with Crippen molar-refractivity contribution < 1.29 is 14.6 Å². The average Bonchev–Trinajstić information content (AvgIpc) is 3.08. The zero-order chi connectivity index (χ0) is 17.8. The van der Waals surface area contributed by atoms with Crippen LogP contribution in [0.25, 0.3) is 22.9 Å². The molecule has 0 saturated carbocycles. The van der Waals surface area contributed by atoms with E-state index in [-0.39, 0.29) is 23.3 Å². The molecule has 1 heterocycles. The van der Waals surface area contributed by atoms with Gasteiger partial charge in [-0.3, -0.25) is 0 Å². The van der Waals surface area contributed by atoms with Crippen molar-refractivity contribution in [1.29, 1.82) is 0 Å². The van der Waals surface area contributed by atoms with E-state index in [2.05, 4.69) is 23.4 Å². The van der Waals surface area contributed by atoms with E-state index < -0.39 is 0 Å². The summed E-state index contributed by atoms with van der Waals surface area (Å²) in [5.74, 6) is 0.545. The van der Waals surface area contributed by atoms with Gasteiger partial charge in [0.1, 0.15) is 11.5 Å². The average molecular weight is 334 g/mol. The lowest BCUT2D eigenvalue weighted by Crippen LogP contribution is -1.86. The molecular weight excluding hydrogens is 316 g/mol. The van der Waals surface area contributed by atoms with Crippen molar-refractivity contribution in [2.24, 2.45) is 0 Å². The van der Waals surface area contributed by atoms with Gasteiger partial charge in [-0.15, -0.1) is 23.4 Å². The van der Waals surface area contributed by atoms with Crippen LogP contribution in [0.2, 0.25) is 0 Å². The smallest absolute Gasteiger partial charge is 0.251 e. The Bertz CT molecular complexity index is 854. The van der Waals surface area contributed by atoms with Crippen LogP contribution >= 0.6 is 0 Å². The Morgan fingerprint density at radius 1 is 0.800 bits per heavy atom. The van der Waals surface area contributed by atoms with E-state index in [4.69, 9.17) is 4.42 Å². The van der Waals surface area contributed by atoms with Crippen molar-refractivity contribution in [1.82, 2.24) is 10.2 Å². The summed E-state index contributed by atoms with van der Waals surface area (Å²) in [7, 11) is 0. The van der Waals surface area contributed by atoms with Gasteiger partial charge in [-0.1, -0.05) is 36.4 Å². The van der Waals surface area contributed by atoms with Gasteiger partial charge < -0.3 is 14.6 Å². The highest BCUT2D eigenvalue weighted by Crippen LogP contribution is 2.36. The topological polar surface area (TPSA) is 79.4 Å². The van der Waals surface area contributed by atoms with Crippen molar-refractivity contribution in [2.45, 2.75) is 12.8 Å². The summed E-state index contributed by atoms with van der Waals surface area (Å²) in [6, 6.07) is 10.6. The summed E-state index contributed by atoms with van der Waals surface area (Å²) < 4.78 is 5.69. The molecule has 25 heavy (non-hydrogen) atoms. The number of hydrogen-bond donors (Lipinski definition) is 2. The normalized spacial score (nSPS) is 10.6. The molecule has 0 bridgehead atoms. The Morgan fingerprint density at radius 2 is 1.24 bits per heavy atom. The third-order valence-electron chi connectivity index (χ3n) is 3.85. The molecule has 2 N–H and O–H groups in total. The Kier molecular flexibility index (Phi) is 4.66. The summed E-state index contributed by atoms with van der Waals surface area (Å²) >= 11 is 0. The molecule has 0 aliphatic carbocycles. The first kappa shape index (κ1) is 16.5. The molecule has 3 aromatic rings. The predicted molar refractivity (Wildman–Crippen MR) is 96.3 cm³/mol. The third kappa shape index (κ3) is 3.17. The number of phenolic OH excluding ortho intramolecular Hbond substituents is 2. The molecule has 3 rings (SSSR count). The highest BCUT2D eigenvalue weighted by molar-refractivity contribution is 5.68. The Balaban J connectivity index is 2.02. The zero-order valence-corrected chi connectivity index (χ0v) is 13.6. The van der Waals surface area contributed by atoms with Crippen LogP contribution in [0.4, 0.5) is 0 Å². The van der Waals surface area contributed by atoms with Crippen LogP contribution in [0.1, 0.15) is 11.1 Å². The maximum absolute atomic E-state index is 10.4. The Labute approximate surface area is 145 Å². The minimum atomic E-state index is 0.0854. The number of para-hydroxylation sites is 2.